The van der Waals surface area contributed by atoms with Crippen molar-refractivity contribution in [1.29, 1.82) is 0 Å². The van der Waals surface area contributed by atoms with Crippen LogP contribution < -0.4 is 5.32 Å². The number of thiazole rings is 1. The van der Waals surface area contributed by atoms with Crippen LogP contribution in [0.5, 0.6) is 0 Å². The smallest absolute Gasteiger partial charge is 0.257 e. The SMILES string of the molecule is CC1CCCN(Cc2csc(NC(=O)c3ccc(-n4cncn4)cc3)n2)C1. The number of nitrogens with zero attached hydrogens (tertiary/aromatic N) is 5. The highest BCUT2D eigenvalue weighted by Crippen LogP contribution is 2.21. The Balaban J connectivity index is 1.36. The van der Waals surface area contributed by atoms with Gasteiger partial charge in [-0.1, -0.05) is 6.92 Å². The highest BCUT2D eigenvalue weighted by molar-refractivity contribution is 7.13. The number of carbonyl (C=O) groups excluding carboxylic acids is 1. The second-order valence-electron chi connectivity index (χ2n) is 6.97. The summed E-state index contributed by atoms with van der Waals surface area (Å²) in [6.07, 6.45) is 5.66. The third-order valence-electron chi connectivity index (χ3n) is 4.71. The fourth-order valence-corrected chi connectivity index (χ4v) is 4.07. The second-order valence-corrected chi connectivity index (χ2v) is 7.83. The maximum atomic E-state index is 12.5. The minimum atomic E-state index is -0.160. The molecular weight excluding hydrogens is 360 g/mol. The molecule has 0 spiro atoms. The first kappa shape index (κ1) is 17.8. The van der Waals surface area contributed by atoms with Crippen molar-refractivity contribution < 1.29 is 4.79 Å². The fraction of sp³-hybridized carbons (Fsp3) is 0.368. The predicted molar refractivity (Wildman–Crippen MR) is 105 cm³/mol. The zero-order chi connectivity index (χ0) is 18.6. The van der Waals surface area contributed by atoms with Gasteiger partial charge in [-0.15, -0.1) is 11.3 Å². The lowest BCUT2D eigenvalue weighted by molar-refractivity contribution is 0.102. The summed E-state index contributed by atoms with van der Waals surface area (Å²) in [5, 5.41) is 9.64. The van der Waals surface area contributed by atoms with Crippen LogP contribution >= 0.6 is 11.3 Å². The molecule has 3 heterocycles. The van der Waals surface area contributed by atoms with Gasteiger partial charge in [-0.2, -0.15) is 5.10 Å². The predicted octanol–water partition coefficient (Wildman–Crippen LogP) is 3.21. The van der Waals surface area contributed by atoms with Gasteiger partial charge in [-0.05, 0) is 49.6 Å². The van der Waals surface area contributed by atoms with Gasteiger partial charge in [0.25, 0.3) is 5.91 Å². The number of anilines is 1. The normalized spacial score (nSPS) is 17.7. The van der Waals surface area contributed by atoms with E-state index in [9.17, 15) is 4.79 Å². The Morgan fingerprint density at radius 1 is 1.33 bits per heavy atom. The monoisotopic (exact) mass is 382 g/mol. The standard InChI is InChI=1S/C19H22N6OS/c1-14-3-2-8-24(9-14)10-16-11-27-19(22-16)23-18(26)15-4-6-17(7-5-15)25-13-20-12-21-25/h4-7,11-14H,2-3,8-10H2,1H3,(H,22,23,26). The topological polar surface area (TPSA) is 75.9 Å². The van der Waals surface area contributed by atoms with Gasteiger partial charge in [-0.3, -0.25) is 15.0 Å². The van der Waals surface area contributed by atoms with Crippen LogP contribution in [-0.4, -0.2) is 43.6 Å². The summed E-state index contributed by atoms with van der Waals surface area (Å²) in [6, 6.07) is 7.23. The third-order valence-corrected chi connectivity index (χ3v) is 5.52. The van der Waals surface area contributed by atoms with Crippen molar-refractivity contribution in [3.8, 4) is 5.69 Å². The Kier molecular flexibility index (Phi) is 5.26. The van der Waals surface area contributed by atoms with Gasteiger partial charge in [0.15, 0.2) is 5.13 Å². The van der Waals surface area contributed by atoms with Gasteiger partial charge in [0.1, 0.15) is 12.7 Å². The van der Waals surface area contributed by atoms with E-state index in [0.29, 0.717) is 10.7 Å². The third kappa shape index (κ3) is 4.40. The first-order valence-electron chi connectivity index (χ1n) is 9.10. The second kappa shape index (κ2) is 7.98. The van der Waals surface area contributed by atoms with Gasteiger partial charge in [0, 0.05) is 24.0 Å². The molecule has 1 aromatic carbocycles. The molecule has 3 aromatic rings. The van der Waals surface area contributed by atoms with Gasteiger partial charge >= 0.3 is 0 Å². The molecule has 1 unspecified atom stereocenters. The fourth-order valence-electron chi connectivity index (χ4n) is 3.37. The van der Waals surface area contributed by atoms with Crippen molar-refractivity contribution in [2.45, 2.75) is 26.3 Å². The Morgan fingerprint density at radius 2 is 2.19 bits per heavy atom. The number of aromatic nitrogens is 4. The van der Waals surface area contributed by atoms with E-state index < -0.39 is 0 Å². The number of hydrogen-bond donors (Lipinski definition) is 1. The van der Waals surface area contributed by atoms with Crippen LogP contribution in [0.4, 0.5) is 5.13 Å². The Labute approximate surface area is 162 Å². The summed E-state index contributed by atoms with van der Waals surface area (Å²) in [5.74, 6) is 0.588. The lowest BCUT2D eigenvalue weighted by atomic mass is 10.0. The van der Waals surface area contributed by atoms with E-state index in [1.807, 2.05) is 17.5 Å². The minimum absolute atomic E-state index is 0.160. The van der Waals surface area contributed by atoms with Gasteiger partial charge in [0.2, 0.25) is 0 Å². The molecule has 1 atom stereocenters. The van der Waals surface area contributed by atoms with Crippen LogP contribution in [0.2, 0.25) is 0 Å². The molecule has 0 radical (unpaired) electrons. The zero-order valence-corrected chi connectivity index (χ0v) is 16.0. The molecule has 0 saturated carbocycles. The molecule has 1 saturated heterocycles. The summed E-state index contributed by atoms with van der Waals surface area (Å²) in [4.78, 5) is 23.4. The molecule has 4 rings (SSSR count). The van der Waals surface area contributed by atoms with Crippen molar-refractivity contribution >= 4 is 22.4 Å². The number of nitrogens with one attached hydrogen (secondary N) is 1. The number of carbonyl (C=O) groups is 1. The van der Waals surface area contributed by atoms with Crippen LogP contribution in [0.15, 0.2) is 42.3 Å². The lowest BCUT2D eigenvalue weighted by Crippen LogP contribution is -2.33. The molecule has 2 aromatic heterocycles. The summed E-state index contributed by atoms with van der Waals surface area (Å²) in [5.41, 5.74) is 2.46. The summed E-state index contributed by atoms with van der Waals surface area (Å²) in [7, 11) is 0. The average Bonchev–Trinajstić information content (AvgIpc) is 3.34. The van der Waals surface area contributed by atoms with Crippen LogP contribution in [-0.2, 0) is 6.54 Å². The molecule has 1 N–H and O–H groups in total. The Hall–Kier alpha value is -2.58. The van der Waals surface area contributed by atoms with E-state index in [1.165, 1.54) is 30.5 Å². The van der Waals surface area contributed by atoms with Crippen molar-refractivity contribution in [2.75, 3.05) is 18.4 Å². The first-order valence-corrected chi connectivity index (χ1v) is 9.98. The van der Waals surface area contributed by atoms with Crippen LogP contribution in [0.25, 0.3) is 5.69 Å². The number of hydrogen-bond acceptors (Lipinski definition) is 6. The van der Waals surface area contributed by atoms with Crippen molar-refractivity contribution in [2.24, 2.45) is 5.92 Å². The van der Waals surface area contributed by atoms with Crippen molar-refractivity contribution in [1.82, 2.24) is 24.6 Å². The summed E-state index contributed by atoms with van der Waals surface area (Å²) < 4.78 is 1.65. The van der Waals surface area contributed by atoms with Crippen molar-refractivity contribution in [3.05, 3.63) is 53.6 Å². The van der Waals surface area contributed by atoms with E-state index in [4.69, 9.17) is 0 Å². The van der Waals surface area contributed by atoms with Gasteiger partial charge in [-0.25, -0.2) is 14.6 Å². The van der Waals surface area contributed by atoms with E-state index in [0.717, 1.165) is 36.9 Å². The molecular formula is C19H22N6OS. The largest absolute Gasteiger partial charge is 0.298 e. The number of likely N-dealkylation sites (tertiary alicyclic amines) is 1. The molecule has 1 aliphatic heterocycles. The lowest BCUT2D eigenvalue weighted by Gasteiger charge is -2.30. The Morgan fingerprint density at radius 3 is 2.93 bits per heavy atom. The van der Waals surface area contributed by atoms with Crippen LogP contribution in [0.1, 0.15) is 35.8 Å². The highest BCUT2D eigenvalue weighted by Gasteiger charge is 2.17. The molecule has 1 fully saturated rings. The number of piperidine rings is 1. The summed E-state index contributed by atoms with van der Waals surface area (Å²) >= 11 is 1.47. The summed E-state index contributed by atoms with van der Waals surface area (Å²) in [6.45, 7) is 5.40. The van der Waals surface area contributed by atoms with Crippen molar-refractivity contribution in [3.63, 3.8) is 0 Å². The minimum Gasteiger partial charge on any atom is -0.298 e. The van der Waals surface area contributed by atoms with Gasteiger partial charge < -0.3 is 0 Å². The molecule has 27 heavy (non-hydrogen) atoms. The number of amides is 1. The average molecular weight is 382 g/mol. The molecule has 1 aliphatic rings. The molecule has 140 valence electrons. The zero-order valence-electron chi connectivity index (χ0n) is 15.2. The molecule has 8 heteroatoms. The quantitative estimate of drug-likeness (QED) is 0.733. The first-order chi connectivity index (χ1) is 13.2. The number of benzene rings is 1. The highest BCUT2D eigenvalue weighted by atomic mass is 32.1. The van der Waals surface area contributed by atoms with E-state index in [1.54, 1.807) is 23.1 Å². The van der Waals surface area contributed by atoms with Crippen LogP contribution in [0.3, 0.4) is 0 Å². The van der Waals surface area contributed by atoms with Crippen LogP contribution in [0, 0.1) is 5.92 Å². The number of rotatable bonds is 5. The molecule has 1 amide bonds. The van der Waals surface area contributed by atoms with E-state index >= 15 is 0 Å². The Bertz CT molecular complexity index is 889. The molecule has 0 bridgehead atoms. The van der Waals surface area contributed by atoms with E-state index in [-0.39, 0.29) is 5.91 Å². The maximum absolute atomic E-state index is 12.5. The van der Waals surface area contributed by atoms with E-state index in [2.05, 4.69) is 32.2 Å². The van der Waals surface area contributed by atoms with Gasteiger partial charge in [0.05, 0.1) is 11.4 Å². The molecule has 7 nitrogen and oxygen atoms in total. The maximum Gasteiger partial charge on any atom is 0.257 e. The molecule has 0 aliphatic carbocycles.